The molecule has 0 radical (unpaired) electrons. The molecule has 1 N–H and O–H groups in total. The minimum atomic E-state index is -2.78. The van der Waals surface area contributed by atoms with E-state index in [9.17, 15) is 13.9 Å². The fourth-order valence-corrected chi connectivity index (χ4v) is 3.58. The summed E-state index contributed by atoms with van der Waals surface area (Å²) in [5.41, 5.74) is 4.28. The van der Waals surface area contributed by atoms with E-state index in [0.29, 0.717) is 6.04 Å². The van der Waals surface area contributed by atoms with Gasteiger partial charge in [0.15, 0.2) is 0 Å². The van der Waals surface area contributed by atoms with Crippen molar-refractivity contribution in [3.8, 4) is 11.3 Å². The van der Waals surface area contributed by atoms with E-state index in [-0.39, 0.29) is 5.56 Å². The van der Waals surface area contributed by atoms with E-state index < -0.39 is 12.5 Å². The first kappa shape index (κ1) is 16.4. The van der Waals surface area contributed by atoms with Crippen LogP contribution in [0.5, 0.6) is 0 Å². The summed E-state index contributed by atoms with van der Waals surface area (Å²) < 4.78 is 25.3. The third-order valence-corrected chi connectivity index (χ3v) is 5.26. The van der Waals surface area contributed by atoms with E-state index in [1.165, 1.54) is 5.56 Å². The van der Waals surface area contributed by atoms with Crippen LogP contribution >= 0.6 is 0 Å². The Morgan fingerprint density at radius 1 is 1.16 bits per heavy atom. The van der Waals surface area contributed by atoms with Crippen molar-refractivity contribution in [3.63, 3.8) is 0 Å². The summed E-state index contributed by atoms with van der Waals surface area (Å²) in [6.07, 6.45) is -0.408. The molecule has 1 aliphatic heterocycles. The molecule has 2 aromatic rings. The van der Waals surface area contributed by atoms with Gasteiger partial charge in [0.1, 0.15) is 6.10 Å². The topological polar surface area (TPSA) is 49.2 Å². The third kappa shape index (κ3) is 2.88. The Kier molecular flexibility index (Phi) is 4.15. The van der Waals surface area contributed by atoms with Gasteiger partial charge in [-0.15, -0.1) is 0 Å². The van der Waals surface area contributed by atoms with Gasteiger partial charge in [-0.1, -0.05) is 24.3 Å². The Hall–Kier alpha value is -2.08. The minimum Gasteiger partial charge on any atom is -0.382 e. The van der Waals surface area contributed by atoms with Gasteiger partial charge in [0.2, 0.25) is 5.95 Å². The van der Waals surface area contributed by atoms with Crippen molar-refractivity contribution in [2.24, 2.45) is 0 Å². The zero-order valence-electron chi connectivity index (χ0n) is 14.1. The van der Waals surface area contributed by atoms with Gasteiger partial charge in [-0.3, -0.25) is 0 Å². The van der Waals surface area contributed by atoms with Gasteiger partial charge in [0, 0.05) is 29.4 Å². The van der Waals surface area contributed by atoms with Crippen molar-refractivity contribution in [2.75, 3.05) is 11.4 Å². The summed E-state index contributed by atoms with van der Waals surface area (Å²) in [5, 5.41) is 9.52. The number of hydrogen-bond donors (Lipinski definition) is 1. The van der Waals surface area contributed by atoms with Crippen LogP contribution in [-0.2, 0) is 12.8 Å². The van der Waals surface area contributed by atoms with Gasteiger partial charge < -0.3 is 10.0 Å². The largest absolute Gasteiger partial charge is 0.382 e. The summed E-state index contributed by atoms with van der Waals surface area (Å²) in [6, 6.07) is 7.11. The number of aliphatic hydroxyl groups excluding tert-OH is 1. The summed E-state index contributed by atoms with van der Waals surface area (Å²) in [6.45, 7) is 3.14. The van der Waals surface area contributed by atoms with Crippen LogP contribution in [0.25, 0.3) is 11.3 Å². The molecule has 1 aliphatic carbocycles. The molecule has 1 unspecified atom stereocenters. The third-order valence-electron chi connectivity index (χ3n) is 5.26. The number of fused-ring (bicyclic) bond motifs is 1. The summed E-state index contributed by atoms with van der Waals surface area (Å²) >= 11 is 0. The zero-order chi connectivity index (χ0) is 17.6. The van der Waals surface area contributed by atoms with Crippen LogP contribution in [0.15, 0.2) is 24.3 Å². The molecule has 4 rings (SSSR count). The summed E-state index contributed by atoms with van der Waals surface area (Å²) in [7, 11) is 0. The molecule has 25 heavy (non-hydrogen) atoms. The molecule has 0 spiro atoms. The summed E-state index contributed by atoms with van der Waals surface area (Å²) in [4.78, 5) is 11.8. The number of anilines is 1. The van der Waals surface area contributed by atoms with Crippen LogP contribution in [0.3, 0.4) is 0 Å². The number of aliphatic hydroxyl groups is 1. The molecular weight excluding hydrogens is 324 g/mol. The molecule has 2 atom stereocenters. The lowest BCUT2D eigenvalue weighted by molar-refractivity contribution is -0.00577. The number of aryl methyl sites for hydroxylation is 1. The first-order chi connectivity index (χ1) is 12.0. The highest BCUT2D eigenvalue weighted by atomic mass is 19.3. The van der Waals surface area contributed by atoms with Crippen LogP contribution in [0.1, 0.15) is 42.7 Å². The average molecular weight is 345 g/mol. The van der Waals surface area contributed by atoms with Crippen LogP contribution in [0.4, 0.5) is 14.7 Å². The van der Waals surface area contributed by atoms with Crippen LogP contribution in [0, 0.1) is 0 Å². The van der Waals surface area contributed by atoms with Crippen LogP contribution in [0.2, 0.25) is 0 Å². The Balaban J connectivity index is 1.72. The lowest BCUT2D eigenvalue weighted by Gasteiger charge is -2.39. The molecule has 0 amide bonds. The second-order valence-corrected chi connectivity index (χ2v) is 6.88. The van der Waals surface area contributed by atoms with Crippen molar-refractivity contribution in [1.82, 2.24) is 9.97 Å². The first-order valence-corrected chi connectivity index (χ1v) is 8.77. The van der Waals surface area contributed by atoms with Gasteiger partial charge in [0.25, 0.3) is 6.43 Å². The molecule has 1 fully saturated rings. The van der Waals surface area contributed by atoms with Crippen LogP contribution in [-0.4, -0.2) is 34.1 Å². The fourth-order valence-electron chi connectivity index (χ4n) is 3.58. The van der Waals surface area contributed by atoms with Crippen molar-refractivity contribution in [3.05, 3.63) is 41.1 Å². The Morgan fingerprint density at radius 3 is 2.52 bits per heavy atom. The number of halogens is 2. The van der Waals surface area contributed by atoms with Gasteiger partial charge in [0.05, 0.1) is 5.69 Å². The lowest BCUT2D eigenvalue weighted by atomic mass is 10.0. The molecule has 1 saturated heterocycles. The van der Waals surface area contributed by atoms with Crippen molar-refractivity contribution in [1.29, 1.82) is 0 Å². The van der Waals surface area contributed by atoms with Crippen LogP contribution < -0.4 is 4.90 Å². The number of hydrogen-bond acceptors (Lipinski definition) is 4. The Morgan fingerprint density at radius 2 is 1.92 bits per heavy atom. The number of benzene rings is 1. The van der Waals surface area contributed by atoms with Crippen molar-refractivity contribution in [2.45, 2.75) is 51.2 Å². The maximum Gasteiger partial charge on any atom is 0.268 e. The molecule has 6 heteroatoms. The maximum absolute atomic E-state index is 12.7. The van der Waals surface area contributed by atoms with E-state index in [0.717, 1.165) is 55.1 Å². The van der Waals surface area contributed by atoms with E-state index in [1.54, 1.807) is 24.3 Å². The Bertz CT molecular complexity index is 779. The number of rotatable bonds is 4. The molecule has 0 bridgehead atoms. The highest BCUT2D eigenvalue weighted by Crippen LogP contribution is 2.34. The average Bonchev–Trinajstić information content (AvgIpc) is 3.07. The molecule has 4 nitrogen and oxygen atoms in total. The number of aromatic nitrogens is 2. The predicted molar refractivity (Wildman–Crippen MR) is 91.9 cm³/mol. The second-order valence-electron chi connectivity index (χ2n) is 6.88. The molecule has 2 heterocycles. The second kappa shape index (κ2) is 6.33. The smallest absolute Gasteiger partial charge is 0.268 e. The SMILES string of the molecule is C[C@H]1CCN1c1nc2c(c(-c3ccc(C(O)C(F)F)cc3)n1)CCC2. The normalized spacial score (nSPS) is 20.5. The molecule has 1 aromatic carbocycles. The molecular formula is C19H21F2N3O. The zero-order valence-corrected chi connectivity index (χ0v) is 14.1. The minimum absolute atomic E-state index is 0.223. The molecule has 2 aliphatic rings. The van der Waals surface area contributed by atoms with Crippen molar-refractivity contribution < 1.29 is 13.9 Å². The van der Waals surface area contributed by atoms with Gasteiger partial charge in [-0.25, -0.2) is 18.7 Å². The molecule has 132 valence electrons. The quantitative estimate of drug-likeness (QED) is 0.921. The van der Waals surface area contributed by atoms with Crippen molar-refractivity contribution >= 4 is 5.95 Å². The summed E-state index contributed by atoms with van der Waals surface area (Å²) in [5.74, 6) is 0.770. The highest BCUT2D eigenvalue weighted by Gasteiger charge is 2.29. The fraction of sp³-hybridized carbons (Fsp3) is 0.474. The van der Waals surface area contributed by atoms with Gasteiger partial charge in [-0.2, -0.15) is 0 Å². The molecule has 1 aromatic heterocycles. The predicted octanol–water partition coefficient (Wildman–Crippen LogP) is 3.53. The number of alkyl halides is 2. The van der Waals surface area contributed by atoms with E-state index in [2.05, 4.69) is 11.8 Å². The van der Waals surface area contributed by atoms with Gasteiger partial charge >= 0.3 is 0 Å². The first-order valence-electron chi connectivity index (χ1n) is 8.77. The van der Waals surface area contributed by atoms with E-state index >= 15 is 0 Å². The maximum atomic E-state index is 12.7. The van der Waals surface area contributed by atoms with Gasteiger partial charge in [-0.05, 0) is 38.2 Å². The highest BCUT2D eigenvalue weighted by molar-refractivity contribution is 5.67. The lowest BCUT2D eigenvalue weighted by Crippen LogP contribution is -2.46. The monoisotopic (exact) mass is 345 g/mol. The van der Waals surface area contributed by atoms with E-state index in [1.807, 2.05) is 0 Å². The standard InChI is InChI=1S/C19H21F2N3O/c1-11-9-10-24(11)19-22-15-4-2-3-14(15)16(23-19)12-5-7-13(8-6-12)17(25)18(20)21/h5-8,11,17-18,25H,2-4,9-10H2,1H3/t11-,17?/m0/s1. The van der Waals surface area contributed by atoms with E-state index in [4.69, 9.17) is 9.97 Å². The number of nitrogens with zero attached hydrogens (tertiary/aromatic N) is 3. The molecule has 0 saturated carbocycles. The Labute approximate surface area is 145 Å².